The third kappa shape index (κ3) is 27.6. The molecule has 0 aliphatic carbocycles. The molecule has 6 heterocycles. The fraction of sp³-hybridized carbons (Fsp3) is 0.450. The Balaban J connectivity index is 0.000000236. The minimum Gasteiger partial charge on any atom is -1.00 e. The number of halogens is 3. The van der Waals surface area contributed by atoms with Crippen molar-refractivity contribution in [2.75, 3.05) is 117 Å². The highest BCUT2D eigenvalue weighted by molar-refractivity contribution is 9.09. The van der Waals surface area contributed by atoms with Crippen LogP contribution in [0.2, 0.25) is 0 Å². The van der Waals surface area contributed by atoms with Crippen LogP contribution in [0.4, 0.5) is 45.5 Å². The van der Waals surface area contributed by atoms with Gasteiger partial charge in [-0.05, 0) is 116 Å². The Bertz CT molecular complexity index is 3310. The maximum Gasteiger partial charge on any atom is 0.264 e. The normalized spacial score (nSPS) is 18.0. The number of aliphatic hydroxyl groups excluding tert-OH is 2. The van der Waals surface area contributed by atoms with Crippen molar-refractivity contribution in [2.24, 2.45) is 14.1 Å². The van der Waals surface area contributed by atoms with E-state index in [9.17, 15) is 27.9 Å². The van der Waals surface area contributed by atoms with E-state index in [1.807, 2.05) is 79.8 Å². The zero-order valence-electron chi connectivity index (χ0n) is 50.9. The Morgan fingerprint density at radius 1 is 0.614 bits per heavy atom. The third-order valence-electron chi connectivity index (χ3n) is 13.9. The molecule has 0 saturated carbocycles. The fourth-order valence-corrected chi connectivity index (χ4v) is 11.3. The monoisotopic (exact) mass is 1410 g/mol. The molecule has 6 aromatic rings. The topological polar surface area (TPSA) is 285 Å². The molecule has 0 spiro atoms. The number of rotatable bonds is 14. The van der Waals surface area contributed by atoms with Crippen molar-refractivity contribution < 1.29 is 71.7 Å². The van der Waals surface area contributed by atoms with E-state index >= 15 is 0 Å². The van der Waals surface area contributed by atoms with E-state index in [2.05, 4.69) is 154 Å². The number of hydrogen-bond acceptors (Lipinski definition) is 16. The van der Waals surface area contributed by atoms with Gasteiger partial charge in [0, 0.05) is 135 Å². The molecule has 484 valence electrons. The molecule has 4 fully saturated rings. The van der Waals surface area contributed by atoms with Gasteiger partial charge in [0.15, 0.2) is 0 Å². The van der Waals surface area contributed by atoms with E-state index in [1.165, 1.54) is 38.6 Å². The maximum absolute atomic E-state index is 11.1. The van der Waals surface area contributed by atoms with Gasteiger partial charge >= 0.3 is 0 Å². The zero-order valence-corrected chi connectivity index (χ0v) is 56.4. The number of carbonyl (C=O) groups is 3. The molecule has 3 amide bonds. The molecular formula is C60H85Br2ClN12O11S2. The van der Waals surface area contributed by atoms with E-state index in [1.54, 1.807) is 0 Å². The fourth-order valence-electron chi connectivity index (χ4n) is 9.84. The number of aromatic nitrogens is 4. The first-order valence-corrected chi connectivity index (χ1v) is 34.3. The summed E-state index contributed by atoms with van der Waals surface area (Å²) in [6.07, 6.45) is 18.4. The van der Waals surface area contributed by atoms with Crippen molar-refractivity contribution >= 4 is 115 Å². The average Bonchev–Trinajstić information content (AvgIpc) is 4.24. The molecule has 4 saturated heterocycles. The summed E-state index contributed by atoms with van der Waals surface area (Å²) in [6.45, 7) is 11.6. The molecule has 23 nitrogen and oxygen atoms in total. The van der Waals surface area contributed by atoms with Gasteiger partial charge in [0.25, 0.3) is 10.1 Å². The van der Waals surface area contributed by atoms with Crippen molar-refractivity contribution in [3.05, 3.63) is 135 Å². The van der Waals surface area contributed by atoms with Crippen molar-refractivity contribution in [3.63, 3.8) is 0 Å². The van der Waals surface area contributed by atoms with Gasteiger partial charge in [0.2, 0.25) is 30.4 Å². The van der Waals surface area contributed by atoms with E-state index in [-0.39, 0.29) is 48.4 Å². The molecule has 5 atom stereocenters. The smallest absolute Gasteiger partial charge is 0.264 e. The van der Waals surface area contributed by atoms with Crippen LogP contribution in [-0.4, -0.2) is 152 Å². The number of hydrogen-bond donors (Lipinski definition) is 6. The predicted molar refractivity (Wildman–Crippen MR) is 349 cm³/mol. The largest absolute Gasteiger partial charge is 1.00 e. The summed E-state index contributed by atoms with van der Waals surface area (Å²) in [4.78, 5) is 41.8. The number of β-amino-alcohol motifs (C(OH)–C–C–N with tert-alkyl or cyclic N) is 1. The van der Waals surface area contributed by atoms with Crippen LogP contribution in [0.25, 0.3) is 0 Å². The molecule has 4 aromatic carbocycles. The summed E-state index contributed by atoms with van der Waals surface area (Å²) in [5.74, 6) is -0.214. The number of benzene rings is 4. The second-order valence-electron chi connectivity index (χ2n) is 21.6. The Labute approximate surface area is 541 Å². The number of nitrogens with two attached hydrogens (primary N) is 1. The van der Waals surface area contributed by atoms with Crippen molar-refractivity contribution in [1.29, 1.82) is 0 Å². The number of aliphatic hydroxyl groups is 2. The molecule has 4 aliphatic heterocycles. The molecular weight excluding hydrogens is 1320 g/mol. The van der Waals surface area contributed by atoms with Crippen LogP contribution in [0.1, 0.15) is 65.0 Å². The minimum atomic E-state index is -3.92. The number of aryl methyl sites for hydroxylation is 2. The van der Waals surface area contributed by atoms with Crippen molar-refractivity contribution in [3.8, 4) is 0 Å². The summed E-state index contributed by atoms with van der Waals surface area (Å²) in [5, 5.41) is 28.0. The lowest BCUT2D eigenvalue weighted by atomic mass is 10.2. The third-order valence-corrected chi connectivity index (χ3v) is 15.7. The summed E-state index contributed by atoms with van der Waals surface area (Å²) >= 11 is 6.35. The van der Waals surface area contributed by atoms with Crippen LogP contribution < -0.4 is 62.8 Å². The molecule has 7 N–H and O–H groups in total. The highest BCUT2D eigenvalue weighted by atomic mass is 79.9. The van der Waals surface area contributed by atoms with Crippen LogP contribution in [0.3, 0.4) is 0 Å². The molecule has 5 unspecified atom stereocenters. The Hall–Kier alpha value is -6.30. The first kappa shape index (κ1) is 74.2. The number of carbonyl (C=O) groups excluding carboxylic acids is 3. The number of nitrogen functional groups attached to an aromatic ring is 1. The molecule has 0 bridgehead atoms. The van der Waals surface area contributed by atoms with Crippen LogP contribution in [0, 0.1) is 0 Å². The second kappa shape index (κ2) is 36.4. The molecule has 28 heteroatoms. The van der Waals surface area contributed by atoms with Crippen LogP contribution >= 0.6 is 31.9 Å². The molecule has 2 aromatic heterocycles. The van der Waals surface area contributed by atoms with Gasteiger partial charge in [-0.25, -0.2) is 26.7 Å². The number of anilines is 8. The van der Waals surface area contributed by atoms with Gasteiger partial charge in [0.1, 0.15) is 36.9 Å². The number of imidazole rings is 2. The number of nitrogens with zero attached hydrogens (tertiary/aromatic N) is 8. The summed E-state index contributed by atoms with van der Waals surface area (Å²) < 4.78 is 63.2. The van der Waals surface area contributed by atoms with Gasteiger partial charge in [-0.2, -0.15) is 8.42 Å². The standard InChI is InChI=1S/C16H20N4O.C14H19N4.C13H18N2O4S.C12H16N2O2.C4H8Br2O.CH4O3S.ClH/c1-13(21)17-14-3-5-15(6-4-14)19-8-7-16(11-19)20-10-9-18(2)12-20;1-16-8-9-18(11-16)14-6-7-17(10-14)13-4-2-12(15)3-5-13;1-10(16)14-11-3-5-12(6-4-11)15-8-7-13(9-15)19-20(2,17)18;1-9(15)13-10-2-4-11(5-3-10)14-7-6-12(16)8-14;5-2-1-4(7)3-6;1-5(2,3)4;/h3-6,9-10,12,16H,7-8,11H2,1-2H3;2-5,8-9,11,14H,6-7,10,15H2,1H3;3-6,13H,7-9H2,1-2H3,(H,14,16);2-5,12,16H,6-8H2,1H3,(H,13,15);4,7H,1-3H2;1H3,(H,2,3,4);1H/q;+1;;;;;/p-1. The van der Waals surface area contributed by atoms with E-state index in [4.69, 9.17) is 28.0 Å². The quantitative estimate of drug-likeness (QED) is 0.0300. The maximum atomic E-state index is 11.1. The highest BCUT2D eigenvalue weighted by Crippen LogP contribution is 2.30. The number of amides is 3. The van der Waals surface area contributed by atoms with Crippen molar-refractivity contribution in [2.45, 2.75) is 83.3 Å². The lowest BCUT2D eigenvalue weighted by molar-refractivity contribution is -0.671. The van der Waals surface area contributed by atoms with Crippen molar-refractivity contribution in [1.82, 2.24) is 9.13 Å². The Morgan fingerprint density at radius 2 is 0.955 bits per heavy atom. The van der Waals surface area contributed by atoms with Gasteiger partial charge in [-0.3, -0.25) is 18.6 Å². The number of nitrogens with one attached hydrogen (secondary N) is 3. The molecule has 4 aliphatic rings. The lowest BCUT2D eigenvalue weighted by Crippen LogP contribution is -3.00. The van der Waals surface area contributed by atoms with E-state index in [0.29, 0.717) is 43.2 Å². The van der Waals surface area contributed by atoms with Gasteiger partial charge in [-0.15, -0.1) is 0 Å². The van der Waals surface area contributed by atoms with E-state index in [0.717, 1.165) is 104 Å². The summed E-state index contributed by atoms with van der Waals surface area (Å²) in [5.41, 5.74) is 13.5. The lowest BCUT2D eigenvalue weighted by Gasteiger charge is -2.18. The molecule has 0 radical (unpaired) electrons. The van der Waals surface area contributed by atoms with Gasteiger partial charge < -0.3 is 68.5 Å². The molecule has 10 rings (SSSR count). The Morgan fingerprint density at radius 3 is 1.25 bits per heavy atom. The van der Waals surface area contributed by atoms with E-state index < -0.39 is 20.2 Å². The zero-order chi connectivity index (χ0) is 63.8. The Kier molecular flexibility index (Phi) is 30.7. The predicted octanol–water partition coefficient (Wildman–Crippen LogP) is 3.18. The van der Waals surface area contributed by atoms with Gasteiger partial charge in [-0.1, -0.05) is 31.9 Å². The molecule has 88 heavy (non-hydrogen) atoms. The van der Waals surface area contributed by atoms with Crippen LogP contribution in [0.5, 0.6) is 0 Å². The van der Waals surface area contributed by atoms with Crippen LogP contribution in [-0.2, 0) is 52.9 Å². The van der Waals surface area contributed by atoms with Crippen LogP contribution in [0.15, 0.2) is 135 Å². The first-order chi connectivity index (χ1) is 41.1. The minimum absolute atomic E-state index is 0. The SMILES string of the molecule is CC(=O)Nc1ccc(N2CCC(O)C2)cc1.CC(=O)Nc1ccc(N2CCC(OS(C)(=O)=O)C2)cc1.CC(=O)Nc1ccc(N2CCC(n3cc[n+](C)c3)C2)cc1.CS(=O)(=O)[O-].C[n+]1ccn(C2CCN(c3ccc(N)cc3)C2)c1.OC(CBr)CCBr.[Cl-]. The summed E-state index contributed by atoms with van der Waals surface area (Å²) in [6, 6.07) is 32.4. The first-order valence-electron chi connectivity index (χ1n) is 28.4. The average molecular weight is 1410 g/mol. The second-order valence-corrected chi connectivity index (χ2v) is 26.1. The summed E-state index contributed by atoms with van der Waals surface area (Å²) in [7, 11) is -3.22. The van der Waals surface area contributed by atoms with Gasteiger partial charge in [0.05, 0.1) is 61.9 Å². The number of alkyl halides is 2. The highest BCUT2D eigenvalue weighted by Gasteiger charge is 2.30.